The highest BCUT2D eigenvalue weighted by Crippen LogP contribution is 2.23. The smallest absolute Gasteiger partial charge is 0.305 e. The summed E-state index contributed by atoms with van der Waals surface area (Å²) in [6, 6.07) is 25.4. The Balaban J connectivity index is 1.31. The third-order valence-corrected chi connectivity index (χ3v) is 19.7. The Bertz CT molecular complexity index is 4190. The fourth-order valence-corrected chi connectivity index (χ4v) is 13.5. The van der Waals surface area contributed by atoms with Gasteiger partial charge in [0.1, 0.15) is 60.1 Å². The van der Waals surface area contributed by atoms with Crippen LogP contribution in [-0.4, -0.2) is 243 Å². The summed E-state index contributed by atoms with van der Waals surface area (Å²) in [5.74, 6) is -14.5. The van der Waals surface area contributed by atoms with E-state index in [1.54, 1.807) is 135 Å². The number of nitrogens with one attached hydrogen (secondary N) is 8. The number of carbonyl (C=O) groups is 14. The summed E-state index contributed by atoms with van der Waals surface area (Å²) < 4.78 is 0. The van der Waals surface area contributed by atoms with E-state index in [9.17, 15) is 53.4 Å². The number of amides is 13. The van der Waals surface area contributed by atoms with Gasteiger partial charge in [-0.1, -0.05) is 155 Å². The van der Waals surface area contributed by atoms with Crippen molar-refractivity contribution in [1.29, 1.82) is 0 Å². The number of phenols is 1. The van der Waals surface area contributed by atoms with Gasteiger partial charge >= 0.3 is 5.97 Å². The molecule has 12 N–H and O–H groups in total. The number of carboxylic acids is 1. The molecule has 0 aliphatic carbocycles. The number of unbranched alkanes of at least 4 members (excludes halogenated alkanes) is 1. The van der Waals surface area contributed by atoms with Crippen LogP contribution < -0.4 is 43.0 Å². The van der Waals surface area contributed by atoms with Crippen molar-refractivity contribution < 1.29 is 77.3 Å². The first-order valence-corrected chi connectivity index (χ1v) is 37.0. The number of likely N-dealkylation sites (N-methyl/N-ethyl adjacent to an activating group) is 5. The van der Waals surface area contributed by atoms with Crippen LogP contribution in [0.5, 0.6) is 5.75 Å². The average Bonchev–Trinajstić information content (AvgIpc) is 1.09. The number of carboxylic acid groups (broad SMARTS) is 1. The number of rotatable bonds is 19. The molecule has 6 aromatic rings. The molecule has 30 nitrogen and oxygen atoms in total. The number of thioether (sulfide) groups is 1. The molecule has 1 saturated heterocycles. The highest BCUT2D eigenvalue weighted by molar-refractivity contribution is 8.00. The largest absolute Gasteiger partial charge is 0.508 e. The molecule has 13 amide bonds. The van der Waals surface area contributed by atoms with E-state index in [1.165, 1.54) is 69.3 Å². The molecule has 109 heavy (non-hydrogen) atoms. The quantitative estimate of drug-likeness (QED) is 0.0545. The van der Waals surface area contributed by atoms with E-state index in [1.807, 2.05) is 6.92 Å². The molecule has 1 aliphatic heterocycles. The molecule has 9 unspecified atom stereocenters. The zero-order valence-corrected chi connectivity index (χ0v) is 63.2. The molecule has 1 aromatic heterocycles. The molecule has 2 heterocycles. The number of phenolic OH excluding ortho intramolecular Hbond substituents is 1. The molecule has 5 aromatic carbocycles. The van der Waals surface area contributed by atoms with Crippen LogP contribution in [0.4, 0.5) is 0 Å². The van der Waals surface area contributed by atoms with Gasteiger partial charge in [-0.2, -0.15) is 0 Å². The number of hydrogen-bond donors (Lipinski definition) is 11. The van der Waals surface area contributed by atoms with Gasteiger partial charge in [-0.3, -0.25) is 67.1 Å². The number of aliphatic carboxylic acids is 1. The van der Waals surface area contributed by atoms with E-state index in [-0.39, 0.29) is 50.0 Å². The number of aromatic nitrogens is 1. The lowest BCUT2D eigenvalue weighted by Crippen LogP contribution is -2.61. The van der Waals surface area contributed by atoms with E-state index >= 15 is 24.0 Å². The maximum absolute atomic E-state index is 15.4. The summed E-state index contributed by atoms with van der Waals surface area (Å²) in [7, 11) is 6.62. The fourth-order valence-electron chi connectivity index (χ4n) is 12.6. The molecule has 0 saturated carbocycles. The topological polar surface area (TPSA) is 422 Å². The van der Waals surface area contributed by atoms with Gasteiger partial charge in [-0.25, -0.2) is 0 Å². The van der Waals surface area contributed by atoms with Gasteiger partial charge in [0.2, 0.25) is 76.8 Å². The first-order valence-electron chi connectivity index (χ1n) is 35.8. The second-order valence-electron chi connectivity index (χ2n) is 27.4. The van der Waals surface area contributed by atoms with Gasteiger partial charge in [0, 0.05) is 90.2 Å². The second-order valence-corrected chi connectivity index (χ2v) is 28.5. The van der Waals surface area contributed by atoms with Crippen molar-refractivity contribution in [2.75, 3.05) is 66.4 Å². The van der Waals surface area contributed by atoms with Gasteiger partial charge in [0.05, 0.1) is 31.8 Å². The first kappa shape index (κ1) is 84.6. The molecular formula is C78H98N14O16S. The molecule has 7 rings (SSSR count). The summed E-state index contributed by atoms with van der Waals surface area (Å²) >= 11 is 0.855. The predicted molar refractivity (Wildman–Crippen MR) is 407 cm³/mol. The monoisotopic (exact) mass is 1520 g/mol. The number of hydrogen-bond acceptors (Lipinski definition) is 16. The number of aromatic hydroxyl groups is 1. The Labute approximate surface area is 636 Å². The van der Waals surface area contributed by atoms with Gasteiger partial charge in [-0.15, -0.1) is 11.8 Å². The van der Waals surface area contributed by atoms with E-state index < -0.39 is 175 Å². The van der Waals surface area contributed by atoms with Gasteiger partial charge in [0.25, 0.3) is 0 Å². The summed E-state index contributed by atoms with van der Waals surface area (Å²) in [6.45, 7) is 2.83. The van der Waals surface area contributed by atoms with Crippen LogP contribution in [-0.2, 0) is 99.2 Å². The van der Waals surface area contributed by atoms with Crippen molar-refractivity contribution in [3.05, 3.63) is 174 Å². The highest BCUT2D eigenvalue weighted by atomic mass is 32.2. The van der Waals surface area contributed by atoms with Crippen LogP contribution >= 0.6 is 11.8 Å². The normalized spacial score (nSPS) is 21.8. The molecule has 0 radical (unpaired) electrons. The van der Waals surface area contributed by atoms with Crippen molar-refractivity contribution in [3.63, 3.8) is 0 Å². The van der Waals surface area contributed by atoms with Crippen LogP contribution in [0.1, 0.15) is 74.3 Å². The zero-order valence-electron chi connectivity index (χ0n) is 62.4. The summed E-state index contributed by atoms with van der Waals surface area (Å²) in [4.78, 5) is 211. The van der Waals surface area contributed by atoms with Crippen molar-refractivity contribution in [2.24, 2.45) is 11.7 Å². The Morgan fingerprint density at radius 1 is 0.523 bits per heavy atom. The van der Waals surface area contributed by atoms with Crippen LogP contribution in [0.3, 0.4) is 0 Å². The van der Waals surface area contributed by atoms with Crippen molar-refractivity contribution in [3.8, 4) is 5.75 Å². The van der Waals surface area contributed by atoms with Crippen molar-refractivity contribution in [1.82, 2.24) is 66.7 Å². The molecule has 9 atom stereocenters. The molecule has 0 bridgehead atoms. The molecule has 1 aliphatic rings. The third kappa shape index (κ3) is 25.0. The van der Waals surface area contributed by atoms with Crippen LogP contribution in [0.2, 0.25) is 0 Å². The number of para-hydroxylation sites is 1. The van der Waals surface area contributed by atoms with Crippen LogP contribution in [0, 0.1) is 5.92 Å². The lowest BCUT2D eigenvalue weighted by molar-refractivity contribution is -0.151. The maximum Gasteiger partial charge on any atom is 0.305 e. The summed E-state index contributed by atoms with van der Waals surface area (Å²) in [5, 5.41) is 39.4. The van der Waals surface area contributed by atoms with Crippen molar-refractivity contribution in [2.45, 2.75) is 133 Å². The Morgan fingerprint density at radius 3 is 1.59 bits per heavy atom. The van der Waals surface area contributed by atoms with Gasteiger partial charge in [0.15, 0.2) is 0 Å². The van der Waals surface area contributed by atoms with Crippen LogP contribution in [0.15, 0.2) is 146 Å². The number of nitrogens with zero attached hydrogens (tertiary/aromatic N) is 5. The zero-order chi connectivity index (χ0) is 79.6. The number of aromatic amines is 1. The number of carbonyl (C=O) groups excluding carboxylic acids is 13. The summed E-state index contributed by atoms with van der Waals surface area (Å²) in [5.41, 5.74) is 8.85. The second kappa shape index (κ2) is 40.9. The molecule has 582 valence electrons. The third-order valence-electron chi connectivity index (χ3n) is 18.7. The predicted octanol–water partition coefficient (Wildman–Crippen LogP) is 1.36. The first-order chi connectivity index (χ1) is 51.9. The van der Waals surface area contributed by atoms with E-state index in [0.29, 0.717) is 51.6 Å². The lowest BCUT2D eigenvalue weighted by atomic mass is 9.98. The fraction of sp³-hybridized carbons (Fsp3) is 0.410. The van der Waals surface area contributed by atoms with Crippen LogP contribution in [0.25, 0.3) is 10.9 Å². The minimum atomic E-state index is -1.86. The number of fused-ring (bicyclic) bond motifs is 1. The maximum atomic E-state index is 15.4. The lowest BCUT2D eigenvalue weighted by Gasteiger charge is -2.37. The average molecular weight is 1520 g/mol. The van der Waals surface area contributed by atoms with Gasteiger partial charge in [-0.05, 0) is 58.4 Å². The Hall–Kier alpha value is -11.6. The van der Waals surface area contributed by atoms with Gasteiger partial charge < -0.3 is 82.6 Å². The molecule has 1 fully saturated rings. The van der Waals surface area contributed by atoms with Crippen molar-refractivity contribution >= 4 is 105 Å². The van der Waals surface area contributed by atoms with E-state index in [0.717, 1.165) is 26.5 Å². The minimum absolute atomic E-state index is 0.0654. The highest BCUT2D eigenvalue weighted by Gasteiger charge is 2.41. The minimum Gasteiger partial charge on any atom is -0.508 e. The molecular weight excluding hydrogens is 1420 g/mol. The number of nitrogens with two attached hydrogens (primary N) is 1. The van der Waals surface area contributed by atoms with E-state index in [2.05, 4.69) is 42.2 Å². The number of H-pyrrole nitrogens is 1. The number of benzene rings is 5. The van der Waals surface area contributed by atoms with E-state index in [4.69, 9.17) is 5.73 Å². The Kier molecular flexibility index (Phi) is 31.8. The SMILES string of the molecule is CCCCC1C(=O)N(C)CC(=O)NC(CC(=O)O)C(=O)NC(C(C)C)C(=O)N(C)C(Cc2ccccc2)C(=O)NC(Cc2ccc(O)cc2)C(=O)N(C)CC(=O)NC(Cc2c[nH]c3ccccc23)C(=O)NC(C(=O)NCC(N)=O)CSCC(=O)NC(Cc2ccccc2)C(=O)N(C)C(Cc2ccccc2)C(=O)N1C. The Morgan fingerprint density at radius 2 is 1.02 bits per heavy atom. The molecule has 0 spiro atoms. The summed E-state index contributed by atoms with van der Waals surface area (Å²) in [6.07, 6.45) is 0.811. The number of primary amides is 1. The standard InChI is InChI=1S/C78H98N14O16S/c1-9-10-30-61-76(106)89(5)44-66(96)83-57(40-68(98)99)72(102)87-69(47(2)3)78(108)91(7)62(37-49-24-16-12-17-25-49)73(103)85-58(36-51-31-33-53(93)34-32-51)74(104)88(4)43-65(95)82-56(39-52-41-80-55-29-21-20-28-54(52)55)71(101)86-60(70(100)81-42-64(79)94)45-109-46-67(97)84-59(35-48-22-14-11-15-23-48)75(105)92(8)63(77(107)90(61)6)38-50-26-18-13-19-27-50/h11-29,31-34,41,47,56-63,69,80,93H,9-10,30,35-40,42-46H2,1-8H3,(H2,79,94)(H,81,100)(H,82,95)(H,83,96)(H,84,97)(H,85,103)(H,86,101)(H,87,102)(H,98,99). The molecule has 31 heteroatoms.